The zero-order chi connectivity index (χ0) is 18.4. The first-order valence-corrected chi connectivity index (χ1v) is 8.13. The highest BCUT2D eigenvalue weighted by molar-refractivity contribution is 5.98. The molecule has 25 heavy (non-hydrogen) atoms. The number of ether oxygens (including phenoxy) is 2. The fourth-order valence-electron chi connectivity index (χ4n) is 2.63. The van der Waals surface area contributed by atoms with E-state index in [2.05, 4.69) is 33.0 Å². The van der Waals surface area contributed by atoms with Crippen LogP contribution in [-0.2, 0) is 19.1 Å². The minimum atomic E-state index is -0.632. The number of benzene rings is 1. The van der Waals surface area contributed by atoms with E-state index < -0.39 is 11.9 Å². The van der Waals surface area contributed by atoms with E-state index in [0.29, 0.717) is 0 Å². The molecule has 136 valence electrons. The van der Waals surface area contributed by atoms with Crippen molar-refractivity contribution >= 4 is 23.3 Å². The molecule has 0 unspecified atom stereocenters. The SMILES string of the molecule is COC(=O)/C=C(/Nc1ccc(N2CCN(C)CC2)cc1C)C(=O)OC. The molecule has 1 saturated heterocycles. The second-order valence-corrected chi connectivity index (χ2v) is 5.99. The van der Waals surface area contributed by atoms with Crippen LogP contribution in [0.4, 0.5) is 11.4 Å². The predicted octanol–water partition coefficient (Wildman–Crippen LogP) is 1.39. The Hall–Kier alpha value is -2.54. The van der Waals surface area contributed by atoms with Crippen molar-refractivity contribution in [2.24, 2.45) is 0 Å². The lowest BCUT2D eigenvalue weighted by Crippen LogP contribution is -2.44. The van der Waals surface area contributed by atoms with Crippen molar-refractivity contribution in [3.8, 4) is 0 Å². The molecule has 1 aliphatic rings. The van der Waals surface area contributed by atoms with Gasteiger partial charge in [0.1, 0.15) is 5.70 Å². The Kier molecular flexibility index (Phi) is 6.41. The average molecular weight is 347 g/mol. The quantitative estimate of drug-likeness (QED) is 0.637. The van der Waals surface area contributed by atoms with Crippen LogP contribution in [0.25, 0.3) is 0 Å². The number of nitrogens with one attached hydrogen (secondary N) is 1. The van der Waals surface area contributed by atoms with Crippen LogP contribution in [0.15, 0.2) is 30.0 Å². The van der Waals surface area contributed by atoms with Crippen molar-refractivity contribution in [1.82, 2.24) is 4.90 Å². The number of aryl methyl sites for hydroxylation is 1. The summed E-state index contributed by atoms with van der Waals surface area (Å²) < 4.78 is 9.29. The highest BCUT2D eigenvalue weighted by atomic mass is 16.5. The molecular weight excluding hydrogens is 322 g/mol. The van der Waals surface area contributed by atoms with Gasteiger partial charge in [-0.25, -0.2) is 9.59 Å². The molecule has 1 aromatic rings. The number of carbonyl (C=O) groups excluding carboxylic acids is 2. The molecule has 1 N–H and O–H groups in total. The largest absolute Gasteiger partial charge is 0.466 e. The summed E-state index contributed by atoms with van der Waals surface area (Å²) in [4.78, 5) is 27.9. The predicted molar refractivity (Wildman–Crippen MR) is 96.6 cm³/mol. The Morgan fingerprint density at radius 2 is 1.80 bits per heavy atom. The average Bonchev–Trinajstić information content (AvgIpc) is 2.62. The van der Waals surface area contributed by atoms with E-state index in [4.69, 9.17) is 4.74 Å². The minimum Gasteiger partial charge on any atom is -0.466 e. The minimum absolute atomic E-state index is 0.0322. The third kappa shape index (κ3) is 4.96. The maximum atomic E-state index is 11.9. The van der Waals surface area contributed by atoms with Crippen LogP contribution in [0.2, 0.25) is 0 Å². The van der Waals surface area contributed by atoms with Crippen molar-refractivity contribution in [1.29, 1.82) is 0 Å². The lowest BCUT2D eigenvalue weighted by molar-refractivity contribution is -0.138. The Balaban J connectivity index is 2.17. The van der Waals surface area contributed by atoms with Crippen molar-refractivity contribution in [2.45, 2.75) is 6.92 Å². The van der Waals surface area contributed by atoms with E-state index in [-0.39, 0.29) is 5.70 Å². The Morgan fingerprint density at radius 1 is 1.12 bits per heavy atom. The molecule has 0 aromatic heterocycles. The summed E-state index contributed by atoms with van der Waals surface area (Å²) in [5.74, 6) is -1.26. The molecule has 7 nitrogen and oxygen atoms in total. The standard InChI is InChI=1S/C18H25N3O4/c1-13-11-14(21-9-7-20(2)8-10-21)5-6-15(13)19-16(18(23)25-4)12-17(22)24-3/h5-6,11-12,19H,7-10H2,1-4H3/b16-12+. The third-order valence-electron chi connectivity index (χ3n) is 4.22. The first-order chi connectivity index (χ1) is 11.9. The van der Waals surface area contributed by atoms with Crippen molar-refractivity contribution in [2.75, 3.05) is 57.7 Å². The molecule has 0 amide bonds. The van der Waals surface area contributed by atoms with E-state index in [1.54, 1.807) is 0 Å². The van der Waals surface area contributed by atoms with Gasteiger partial charge in [0.25, 0.3) is 0 Å². The number of rotatable bonds is 5. The smallest absolute Gasteiger partial charge is 0.354 e. The van der Waals surface area contributed by atoms with E-state index in [1.807, 2.05) is 19.1 Å². The van der Waals surface area contributed by atoms with Crippen molar-refractivity contribution in [3.63, 3.8) is 0 Å². The number of hydrogen-bond donors (Lipinski definition) is 1. The summed E-state index contributed by atoms with van der Waals surface area (Å²) in [5.41, 5.74) is 2.88. The normalized spacial score (nSPS) is 15.7. The Labute approximate surface area is 148 Å². The van der Waals surface area contributed by atoms with E-state index in [1.165, 1.54) is 14.2 Å². The summed E-state index contributed by atoms with van der Waals surface area (Å²) in [6, 6.07) is 5.98. The second-order valence-electron chi connectivity index (χ2n) is 5.99. The van der Waals surface area contributed by atoms with Crippen LogP contribution in [0.5, 0.6) is 0 Å². The Morgan fingerprint density at radius 3 is 2.36 bits per heavy atom. The number of hydrogen-bond acceptors (Lipinski definition) is 7. The monoisotopic (exact) mass is 347 g/mol. The van der Waals surface area contributed by atoms with Gasteiger partial charge in [0.2, 0.25) is 0 Å². The molecule has 0 spiro atoms. The lowest BCUT2D eigenvalue weighted by Gasteiger charge is -2.34. The second kappa shape index (κ2) is 8.53. The molecular formula is C18H25N3O4. The van der Waals surface area contributed by atoms with E-state index >= 15 is 0 Å². The van der Waals surface area contributed by atoms with Gasteiger partial charge in [0, 0.05) is 37.6 Å². The van der Waals surface area contributed by atoms with Gasteiger partial charge >= 0.3 is 11.9 Å². The first-order valence-electron chi connectivity index (χ1n) is 8.13. The van der Waals surface area contributed by atoms with Crippen LogP contribution >= 0.6 is 0 Å². The molecule has 0 aliphatic carbocycles. The molecule has 7 heteroatoms. The summed E-state index contributed by atoms with van der Waals surface area (Å²) in [6.45, 7) is 5.99. The van der Waals surface area contributed by atoms with Crippen molar-refractivity contribution < 1.29 is 19.1 Å². The van der Waals surface area contributed by atoms with E-state index in [9.17, 15) is 9.59 Å². The highest BCUT2D eigenvalue weighted by Crippen LogP contribution is 2.24. The van der Waals surface area contributed by atoms with Crippen LogP contribution in [0.1, 0.15) is 5.56 Å². The summed E-state index contributed by atoms with van der Waals surface area (Å²) in [7, 11) is 4.64. The van der Waals surface area contributed by atoms with Crippen molar-refractivity contribution in [3.05, 3.63) is 35.5 Å². The third-order valence-corrected chi connectivity index (χ3v) is 4.22. The maximum absolute atomic E-state index is 11.9. The Bertz CT molecular complexity index is 664. The topological polar surface area (TPSA) is 71.1 Å². The fraction of sp³-hybridized carbons (Fsp3) is 0.444. The van der Waals surface area contributed by atoms with Gasteiger partial charge in [0.05, 0.1) is 20.3 Å². The number of esters is 2. The number of anilines is 2. The van der Waals surface area contributed by atoms with Gasteiger partial charge in [-0.15, -0.1) is 0 Å². The molecule has 1 heterocycles. The summed E-state index contributed by atoms with van der Waals surface area (Å²) >= 11 is 0. The zero-order valence-electron chi connectivity index (χ0n) is 15.2. The van der Waals surface area contributed by atoms with Crippen LogP contribution in [-0.4, -0.2) is 64.3 Å². The number of methoxy groups -OCH3 is 2. The highest BCUT2D eigenvalue weighted by Gasteiger charge is 2.17. The van der Waals surface area contributed by atoms with Gasteiger partial charge in [-0.1, -0.05) is 0 Å². The van der Waals surface area contributed by atoms with Gasteiger partial charge in [-0.3, -0.25) is 0 Å². The zero-order valence-corrected chi connectivity index (χ0v) is 15.2. The summed E-state index contributed by atoms with van der Waals surface area (Å²) in [5, 5.41) is 2.96. The molecule has 0 saturated carbocycles. The van der Waals surface area contributed by atoms with Gasteiger partial charge in [0.15, 0.2) is 0 Å². The molecule has 0 radical (unpaired) electrons. The number of likely N-dealkylation sites (N-methyl/N-ethyl adjacent to an activating group) is 1. The van der Waals surface area contributed by atoms with Gasteiger partial charge < -0.3 is 24.6 Å². The number of piperazine rings is 1. The van der Waals surface area contributed by atoms with Crippen LogP contribution in [0.3, 0.4) is 0 Å². The lowest BCUT2D eigenvalue weighted by atomic mass is 10.1. The summed E-state index contributed by atoms with van der Waals surface area (Å²) in [6.07, 6.45) is 1.08. The number of carbonyl (C=O) groups is 2. The van der Waals surface area contributed by atoms with Gasteiger partial charge in [-0.05, 0) is 37.7 Å². The molecule has 1 aliphatic heterocycles. The first kappa shape index (κ1) is 18.8. The van der Waals surface area contributed by atoms with E-state index in [0.717, 1.165) is 49.2 Å². The molecule has 0 atom stereocenters. The fourth-order valence-corrected chi connectivity index (χ4v) is 2.63. The maximum Gasteiger partial charge on any atom is 0.354 e. The number of nitrogens with zero attached hydrogens (tertiary/aromatic N) is 2. The molecule has 0 bridgehead atoms. The molecule has 1 aromatic carbocycles. The molecule has 1 fully saturated rings. The van der Waals surface area contributed by atoms with Crippen LogP contribution < -0.4 is 10.2 Å². The molecule has 2 rings (SSSR count). The van der Waals surface area contributed by atoms with Crippen LogP contribution in [0, 0.1) is 6.92 Å². The van der Waals surface area contributed by atoms with Gasteiger partial charge in [-0.2, -0.15) is 0 Å².